The number of nitrogens with zero attached hydrogens (tertiary/aromatic N) is 2. The molecule has 0 bridgehead atoms. The van der Waals surface area contributed by atoms with Crippen molar-refractivity contribution in [2.45, 2.75) is 12.5 Å². The van der Waals surface area contributed by atoms with E-state index < -0.39 is 11.7 Å². The SMILES string of the molecule is COCc1[nH]nc2c1[C@H](c1c(F)cccc1Cl)C(C#N)=C(N)O2. The molecule has 1 aliphatic heterocycles. The van der Waals surface area contributed by atoms with E-state index in [1.807, 2.05) is 6.07 Å². The van der Waals surface area contributed by atoms with Gasteiger partial charge in [0.15, 0.2) is 0 Å². The second-order valence-corrected chi connectivity index (χ2v) is 5.32. The van der Waals surface area contributed by atoms with Gasteiger partial charge in [0.05, 0.1) is 23.8 Å². The first-order chi connectivity index (χ1) is 11.1. The molecule has 1 aromatic heterocycles. The highest BCUT2D eigenvalue weighted by Crippen LogP contribution is 2.45. The van der Waals surface area contributed by atoms with Crippen LogP contribution in [0.3, 0.4) is 0 Å². The van der Waals surface area contributed by atoms with E-state index in [1.54, 1.807) is 6.07 Å². The van der Waals surface area contributed by atoms with Crippen LogP contribution >= 0.6 is 11.6 Å². The van der Waals surface area contributed by atoms with Gasteiger partial charge in [0.1, 0.15) is 17.5 Å². The lowest BCUT2D eigenvalue weighted by Crippen LogP contribution is -2.22. The first-order valence-electron chi connectivity index (χ1n) is 6.66. The summed E-state index contributed by atoms with van der Waals surface area (Å²) in [6, 6.07) is 6.30. The highest BCUT2D eigenvalue weighted by Gasteiger charge is 2.37. The van der Waals surface area contributed by atoms with Gasteiger partial charge in [0, 0.05) is 17.7 Å². The van der Waals surface area contributed by atoms with Crippen molar-refractivity contribution >= 4 is 11.6 Å². The average Bonchev–Trinajstić information content (AvgIpc) is 2.90. The fourth-order valence-electron chi connectivity index (χ4n) is 2.64. The molecule has 118 valence electrons. The lowest BCUT2D eigenvalue weighted by Gasteiger charge is -2.25. The first-order valence-corrected chi connectivity index (χ1v) is 7.03. The molecule has 0 saturated heterocycles. The van der Waals surface area contributed by atoms with E-state index in [1.165, 1.54) is 19.2 Å². The van der Waals surface area contributed by atoms with Crippen molar-refractivity contribution in [1.29, 1.82) is 5.26 Å². The van der Waals surface area contributed by atoms with Crippen molar-refractivity contribution in [2.75, 3.05) is 7.11 Å². The molecule has 1 aliphatic rings. The Bertz CT molecular complexity index is 820. The molecule has 3 N–H and O–H groups in total. The van der Waals surface area contributed by atoms with E-state index in [-0.39, 0.29) is 34.5 Å². The maximum Gasteiger partial charge on any atom is 0.244 e. The zero-order valence-corrected chi connectivity index (χ0v) is 12.8. The molecular formula is C15H12ClFN4O2. The smallest absolute Gasteiger partial charge is 0.244 e. The van der Waals surface area contributed by atoms with Crippen molar-refractivity contribution in [3.8, 4) is 11.9 Å². The molecular weight excluding hydrogens is 323 g/mol. The number of hydrogen-bond donors (Lipinski definition) is 2. The Labute approximate surface area is 136 Å². The maximum absolute atomic E-state index is 14.4. The minimum absolute atomic E-state index is 0.0725. The number of halogens is 2. The van der Waals surface area contributed by atoms with Gasteiger partial charge in [-0.3, -0.25) is 5.10 Å². The normalized spacial score (nSPS) is 16.7. The van der Waals surface area contributed by atoms with Gasteiger partial charge in [0.25, 0.3) is 0 Å². The second-order valence-electron chi connectivity index (χ2n) is 4.91. The van der Waals surface area contributed by atoms with Crippen LogP contribution in [0.2, 0.25) is 5.02 Å². The number of methoxy groups -OCH3 is 1. The molecule has 0 radical (unpaired) electrons. The van der Waals surface area contributed by atoms with E-state index in [4.69, 9.17) is 26.8 Å². The molecule has 0 amide bonds. The molecule has 8 heteroatoms. The molecule has 0 saturated carbocycles. The van der Waals surface area contributed by atoms with E-state index in [2.05, 4.69) is 10.2 Å². The lowest BCUT2D eigenvalue weighted by atomic mass is 9.83. The number of rotatable bonds is 3. The van der Waals surface area contributed by atoms with Crippen LogP contribution in [0, 0.1) is 17.1 Å². The van der Waals surface area contributed by atoms with Gasteiger partial charge in [-0.2, -0.15) is 5.26 Å². The molecule has 6 nitrogen and oxygen atoms in total. The number of hydrogen-bond acceptors (Lipinski definition) is 5. The lowest BCUT2D eigenvalue weighted by molar-refractivity contribution is 0.180. The summed E-state index contributed by atoms with van der Waals surface area (Å²) in [5.74, 6) is -1.31. The summed E-state index contributed by atoms with van der Waals surface area (Å²) in [6.45, 7) is 0.187. The van der Waals surface area contributed by atoms with Gasteiger partial charge in [-0.05, 0) is 12.1 Å². The van der Waals surface area contributed by atoms with Crippen LogP contribution in [0.5, 0.6) is 5.88 Å². The van der Waals surface area contributed by atoms with E-state index >= 15 is 0 Å². The number of aromatic amines is 1. The summed E-state index contributed by atoms with van der Waals surface area (Å²) in [5.41, 5.74) is 7.07. The predicted molar refractivity (Wildman–Crippen MR) is 80.0 cm³/mol. The summed E-state index contributed by atoms with van der Waals surface area (Å²) in [7, 11) is 1.51. The monoisotopic (exact) mass is 334 g/mol. The summed E-state index contributed by atoms with van der Waals surface area (Å²) in [6.07, 6.45) is 0. The maximum atomic E-state index is 14.4. The molecule has 0 fully saturated rings. The molecule has 0 unspecified atom stereocenters. The van der Waals surface area contributed by atoms with Crippen molar-refractivity contribution in [3.05, 3.63) is 57.3 Å². The summed E-state index contributed by atoms with van der Waals surface area (Å²) < 4.78 is 24.9. The third-order valence-electron chi connectivity index (χ3n) is 3.59. The molecule has 0 aliphatic carbocycles. The second kappa shape index (κ2) is 5.91. The van der Waals surface area contributed by atoms with E-state index in [9.17, 15) is 9.65 Å². The molecule has 2 aromatic rings. The van der Waals surface area contributed by atoms with Gasteiger partial charge in [0.2, 0.25) is 11.8 Å². The topological polar surface area (TPSA) is 97.0 Å². The number of ether oxygens (including phenoxy) is 2. The van der Waals surface area contributed by atoms with Gasteiger partial charge in [-0.25, -0.2) is 4.39 Å². The Morgan fingerprint density at radius 3 is 2.96 bits per heavy atom. The number of nitrogens with one attached hydrogen (secondary N) is 1. The van der Waals surface area contributed by atoms with E-state index in [0.29, 0.717) is 11.3 Å². The van der Waals surface area contributed by atoms with Gasteiger partial charge in [-0.1, -0.05) is 17.7 Å². The molecule has 1 atom stereocenters. The minimum atomic E-state index is -0.818. The van der Waals surface area contributed by atoms with Crippen molar-refractivity contribution in [3.63, 3.8) is 0 Å². The molecule has 23 heavy (non-hydrogen) atoms. The third-order valence-corrected chi connectivity index (χ3v) is 3.92. The highest BCUT2D eigenvalue weighted by molar-refractivity contribution is 6.31. The van der Waals surface area contributed by atoms with Crippen LogP contribution in [-0.2, 0) is 11.3 Å². The van der Waals surface area contributed by atoms with Crippen LogP contribution in [-0.4, -0.2) is 17.3 Å². The van der Waals surface area contributed by atoms with Crippen LogP contribution in [0.1, 0.15) is 22.7 Å². The van der Waals surface area contributed by atoms with Gasteiger partial charge in [-0.15, -0.1) is 5.10 Å². The van der Waals surface area contributed by atoms with Crippen molar-refractivity contribution < 1.29 is 13.9 Å². The number of allylic oxidation sites excluding steroid dienone is 1. The summed E-state index contributed by atoms with van der Waals surface area (Å²) in [5, 5.41) is 16.4. The Morgan fingerprint density at radius 2 is 2.30 bits per heavy atom. The van der Waals surface area contributed by atoms with Gasteiger partial charge >= 0.3 is 0 Å². The van der Waals surface area contributed by atoms with Crippen molar-refractivity contribution in [1.82, 2.24) is 10.2 Å². The average molecular weight is 335 g/mol. The van der Waals surface area contributed by atoms with E-state index in [0.717, 1.165) is 0 Å². The number of benzene rings is 1. The molecule has 3 rings (SSSR count). The Hall–Kier alpha value is -2.56. The Balaban J connectivity index is 2.29. The van der Waals surface area contributed by atoms with Crippen molar-refractivity contribution in [2.24, 2.45) is 5.73 Å². The zero-order chi connectivity index (χ0) is 16.6. The van der Waals surface area contributed by atoms with Gasteiger partial charge < -0.3 is 15.2 Å². The summed E-state index contributed by atoms with van der Waals surface area (Å²) >= 11 is 6.18. The third kappa shape index (κ3) is 2.42. The largest absolute Gasteiger partial charge is 0.420 e. The van der Waals surface area contributed by atoms with Crippen LogP contribution in [0.25, 0.3) is 0 Å². The first kappa shape index (κ1) is 15.3. The number of nitrogens with two attached hydrogens (primary N) is 1. The molecule has 2 heterocycles. The Morgan fingerprint density at radius 1 is 1.52 bits per heavy atom. The fourth-order valence-corrected chi connectivity index (χ4v) is 2.91. The number of aromatic nitrogens is 2. The van der Waals surface area contributed by atoms with Crippen LogP contribution in [0.15, 0.2) is 29.7 Å². The fraction of sp³-hybridized carbons (Fsp3) is 0.200. The molecule has 0 spiro atoms. The number of H-pyrrole nitrogens is 1. The number of nitriles is 1. The summed E-state index contributed by atoms with van der Waals surface area (Å²) in [4.78, 5) is 0. The predicted octanol–water partition coefficient (Wildman–Crippen LogP) is 2.57. The Kier molecular flexibility index (Phi) is 3.94. The number of fused-ring (bicyclic) bond motifs is 1. The minimum Gasteiger partial charge on any atom is -0.420 e. The van der Waals surface area contributed by atoms with Crippen LogP contribution < -0.4 is 10.5 Å². The molecule has 1 aromatic carbocycles. The quantitative estimate of drug-likeness (QED) is 0.899. The van der Waals surface area contributed by atoms with Crippen LogP contribution in [0.4, 0.5) is 4.39 Å². The zero-order valence-electron chi connectivity index (χ0n) is 12.1. The standard InChI is InChI=1S/C15H12ClFN4O2/c1-22-6-10-13-11(12-8(16)3-2-4-9(12)17)7(5-18)14(19)23-15(13)21-20-10/h2-4,11H,6,19H2,1H3,(H,20,21)/t11-/m0/s1. The highest BCUT2D eigenvalue weighted by atomic mass is 35.5.